The maximum Gasteiger partial charge on any atom is 0.408 e. The SMILES string of the molecule is CC(C)(C)OC(=O)CN(C(=O)C(O)C1CCCN1)C(=O)[C@H](Cc1ccccc1)NC(=O)OCc1ccccc1. The van der Waals surface area contributed by atoms with Crippen molar-refractivity contribution in [1.29, 1.82) is 0 Å². The number of carbonyl (C=O) groups excluding carboxylic acids is 4. The molecule has 3 amide bonds. The Kier molecular flexibility index (Phi) is 10.6. The van der Waals surface area contributed by atoms with Crippen molar-refractivity contribution in [2.75, 3.05) is 13.1 Å². The van der Waals surface area contributed by atoms with Gasteiger partial charge in [0, 0.05) is 12.5 Å². The van der Waals surface area contributed by atoms with Gasteiger partial charge in [-0.2, -0.15) is 0 Å². The van der Waals surface area contributed by atoms with E-state index in [-0.39, 0.29) is 13.0 Å². The van der Waals surface area contributed by atoms with Crippen LogP contribution in [0.4, 0.5) is 4.79 Å². The molecule has 0 aliphatic carbocycles. The van der Waals surface area contributed by atoms with Gasteiger partial charge in [-0.15, -0.1) is 0 Å². The van der Waals surface area contributed by atoms with Gasteiger partial charge in [-0.25, -0.2) is 4.79 Å². The summed E-state index contributed by atoms with van der Waals surface area (Å²) in [6, 6.07) is 16.1. The summed E-state index contributed by atoms with van der Waals surface area (Å²) in [7, 11) is 0. The van der Waals surface area contributed by atoms with Crippen LogP contribution >= 0.6 is 0 Å². The number of hydrogen-bond acceptors (Lipinski definition) is 8. The first-order chi connectivity index (χ1) is 18.5. The van der Waals surface area contributed by atoms with Crippen LogP contribution in [0.1, 0.15) is 44.7 Å². The van der Waals surface area contributed by atoms with E-state index in [9.17, 15) is 24.3 Å². The molecule has 0 spiro atoms. The monoisotopic (exact) mass is 539 g/mol. The van der Waals surface area contributed by atoms with Crippen LogP contribution in [0.15, 0.2) is 60.7 Å². The Morgan fingerprint density at radius 1 is 1.00 bits per heavy atom. The van der Waals surface area contributed by atoms with E-state index in [2.05, 4.69) is 10.6 Å². The quantitative estimate of drug-likeness (QED) is 0.392. The van der Waals surface area contributed by atoms with Gasteiger partial charge in [-0.3, -0.25) is 19.3 Å². The first kappa shape index (κ1) is 29.8. The largest absolute Gasteiger partial charge is 0.459 e. The summed E-state index contributed by atoms with van der Waals surface area (Å²) in [5.41, 5.74) is 0.609. The van der Waals surface area contributed by atoms with Crippen molar-refractivity contribution in [1.82, 2.24) is 15.5 Å². The van der Waals surface area contributed by atoms with E-state index >= 15 is 0 Å². The summed E-state index contributed by atoms with van der Waals surface area (Å²) in [6.45, 7) is 4.88. The summed E-state index contributed by atoms with van der Waals surface area (Å²) in [6.07, 6.45) is -1.09. The Morgan fingerprint density at radius 3 is 2.18 bits per heavy atom. The average molecular weight is 540 g/mol. The molecular weight excluding hydrogens is 502 g/mol. The van der Waals surface area contributed by atoms with E-state index < -0.39 is 54.2 Å². The minimum atomic E-state index is -1.55. The fourth-order valence-corrected chi connectivity index (χ4v) is 4.23. The smallest absolute Gasteiger partial charge is 0.408 e. The molecule has 3 N–H and O–H groups in total. The molecule has 1 aliphatic rings. The van der Waals surface area contributed by atoms with E-state index in [0.717, 1.165) is 12.0 Å². The Morgan fingerprint density at radius 2 is 1.62 bits per heavy atom. The van der Waals surface area contributed by atoms with Crippen molar-refractivity contribution in [2.45, 2.75) is 70.4 Å². The molecule has 2 aromatic carbocycles. The molecule has 0 aromatic heterocycles. The van der Waals surface area contributed by atoms with E-state index in [1.165, 1.54) is 0 Å². The van der Waals surface area contributed by atoms with Crippen molar-refractivity contribution in [3.8, 4) is 0 Å². The lowest BCUT2D eigenvalue weighted by Gasteiger charge is -2.30. The molecule has 2 aromatic rings. The van der Waals surface area contributed by atoms with Gasteiger partial charge in [0.15, 0.2) is 0 Å². The summed E-state index contributed by atoms with van der Waals surface area (Å²) >= 11 is 0. The zero-order chi connectivity index (χ0) is 28.4. The molecule has 1 aliphatic heterocycles. The molecule has 3 rings (SSSR count). The highest BCUT2D eigenvalue weighted by molar-refractivity contribution is 6.03. The van der Waals surface area contributed by atoms with Crippen LogP contribution in [-0.4, -0.2) is 70.8 Å². The zero-order valence-corrected chi connectivity index (χ0v) is 22.6. The minimum absolute atomic E-state index is 0.0223. The second-order valence-corrected chi connectivity index (χ2v) is 10.4. The highest BCUT2D eigenvalue weighted by atomic mass is 16.6. The highest BCUT2D eigenvalue weighted by Gasteiger charge is 2.39. The number of nitrogens with one attached hydrogen (secondary N) is 2. The molecule has 2 unspecified atom stereocenters. The molecule has 0 radical (unpaired) electrons. The lowest BCUT2D eigenvalue weighted by atomic mass is 10.0. The second-order valence-electron chi connectivity index (χ2n) is 10.4. The minimum Gasteiger partial charge on any atom is -0.459 e. The summed E-state index contributed by atoms with van der Waals surface area (Å²) in [5.74, 6) is -2.62. The zero-order valence-electron chi connectivity index (χ0n) is 22.6. The lowest BCUT2D eigenvalue weighted by Crippen LogP contribution is -2.57. The average Bonchev–Trinajstić information content (AvgIpc) is 3.44. The summed E-state index contributed by atoms with van der Waals surface area (Å²) < 4.78 is 10.7. The number of alkyl carbamates (subject to hydrolysis) is 1. The summed E-state index contributed by atoms with van der Waals surface area (Å²) in [5, 5.41) is 16.4. The Labute approximate surface area is 228 Å². The third-order valence-corrected chi connectivity index (χ3v) is 6.06. The number of ether oxygens (including phenoxy) is 2. The predicted octanol–water partition coefficient (Wildman–Crippen LogP) is 2.33. The number of aliphatic hydroxyl groups excluding tert-OH is 1. The molecule has 39 heavy (non-hydrogen) atoms. The molecule has 1 fully saturated rings. The maximum absolute atomic E-state index is 13.8. The van der Waals surface area contributed by atoms with Crippen LogP contribution in [0.5, 0.6) is 0 Å². The number of nitrogens with zero attached hydrogens (tertiary/aromatic N) is 1. The van der Waals surface area contributed by atoms with E-state index in [4.69, 9.17) is 9.47 Å². The number of hydrogen-bond donors (Lipinski definition) is 3. The van der Waals surface area contributed by atoms with Gasteiger partial charge in [0.1, 0.15) is 30.9 Å². The maximum atomic E-state index is 13.8. The Bertz CT molecular complexity index is 1110. The van der Waals surface area contributed by atoms with Crippen LogP contribution in [0.25, 0.3) is 0 Å². The van der Waals surface area contributed by atoms with Gasteiger partial charge in [-0.05, 0) is 51.3 Å². The van der Waals surface area contributed by atoms with Crippen LogP contribution in [-0.2, 0) is 36.9 Å². The van der Waals surface area contributed by atoms with E-state index in [1.807, 2.05) is 24.3 Å². The first-order valence-corrected chi connectivity index (χ1v) is 13.0. The van der Waals surface area contributed by atoms with Crippen LogP contribution in [0.2, 0.25) is 0 Å². The van der Waals surface area contributed by atoms with Gasteiger partial charge >= 0.3 is 12.1 Å². The molecular formula is C29H37N3O7. The van der Waals surface area contributed by atoms with E-state index in [1.54, 1.807) is 57.2 Å². The predicted molar refractivity (Wildman–Crippen MR) is 143 cm³/mol. The normalized spacial score (nSPS) is 16.6. The van der Waals surface area contributed by atoms with Gasteiger partial charge < -0.3 is 25.2 Å². The van der Waals surface area contributed by atoms with Crippen molar-refractivity contribution < 1.29 is 33.8 Å². The number of benzene rings is 2. The van der Waals surface area contributed by atoms with Crippen molar-refractivity contribution in [3.63, 3.8) is 0 Å². The molecule has 3 atom stereocenters. The molecule has 1 saturated heterocycles. The Balaban J connectivity index is 1.83. The molecule has 0 bridgehead atoms. The third-order valence-electron chi connectivity index (χ3n) is 6.06. The van der Waals surface area contributed by atoms with E-state index in [0.29, 0.717) is 23.4 Å². The van der Waals surface area contributed by atoms with Crippen molar-refractivity contribution >= 4 is 23.9 Å². The molecule has 1 heterocycles. The van der Waals surface area contributed by atoms with Crippen LogP contribution < -0.4 is 10.6 Å². The molecule has 10 nitrogen and oxygen atoms in total. The number of amides is 3. The van der Waals surface area contributed by atoms with Gasteiger partial charge in [-0.1, -0.05) is 60.7 Å². The lowest BCUT2D eigenvalue weighted by molar-refractivity contribution is -0.165. The second kappa shape index (κ2) is 13.9. The van der Waals surface area contributed by atoms with Crippen LogP contribution in [0, 0.1) is 0 Å². The van der Waals surface area contributed by atoms with Gasteiger partial charge in [0.2, 0.25) is 0 Å². The summed E-state index contributed by atoms with van der Waals surface area (Å²) in [4.78, 5) is 53.3. The van der Waals surface area contributed by atoms with Gasteiger partial charge in [0.25, 0.3) is 11.8 Å². The number of imide groups is 1. The number of aliphatic hydroxyl groups is 1. The Hall–Kier alpha value is -3.76. The third kappa shape index (κ3) is 9.49. The number of esters is 1. The first-order valence-electron chi connectivity index (χ1n) is 13.0. The van der Waals surface area contributed by atoms with Crippen LogP contribution in [0.3, 0.4) is 0 Å². The van der Waals surface area contributed by atoms with Crippen molar-refractivity contribution in [2.24, 2.45) is 0 Å². The standard InChI is InChI=1S/C29H37N3O7/c1-29(2,3)39-24(33)18-32(27(36)25(34)22-15-10-16-30-22)26(35)23(17-20-11-6-4-7-12-20)31-28(37)38-19-21-13-8-5-9-14-21/h4-9,11-14,22-23,25,30,34H,10,15-19H2,1-3H3,(H,31,37)/t22?,23-,25?/m0/s1. The topological polar surface area (TPSA) is 134 Å². The number of carbonyl (C=O) groups is 4. The molecule has 0 saturated carbocycles. The fourth-order valence-electron chi connectivity index (χ4n) is 4.23. The van der Waals surface area contributed by atoms with Gasteiger partial charge in [0.05, 0.1) is 0 Å². The van der Waals surface area contributed by atoms with Crippen molar-refractivity contribution in [3.05, 3.63) is 71.8 Å². The fraction of sp³-hybridized carbons (Fsp3) is 0.448. The molecule has 210 valence electrons. The highest BCUT2D eigenvalue weighted by Crippen LogP contribution is 2.15. The molecule has 10 heteroatoms. The number of rotatable bonds is 10.